The van der Waals surface area contributed by atoms with Gasteiger partial charge in [0.2, 0.25) is 5.91 Å². The van der Waals surface area contributed by atoms with Crippen LogP contribution in [0.2, 0.25) is 10.0 Å². The van der Waals surface area contributed by atoms with Crippen LogP contribution in [0.4, 0.5) is 15.8 Å². The summed E-state index contributed by atoms with van der Waals surface area (Å²) >= 11 is 11.6. The van der Waals surface area contributed by atoms with Crippen LogP contribution in [0.5, 0.6) is 0 Å². The highest BCUT2D eigenvalue weighted by molar-refractivity contribution is 6.42. The Bertz CT molecular complexity index is 809. The minimum atomic E-state index is -0.771. The first-order valence-corrected chi connectivity index (χ1v) is 7.00. The van der Waals surface area contributed by atoms with Gasteiger partial charge in [0.05, 0.1) is 20.7 Å². The smallest absolute Gasteiger partial charge is 0.271 e. The molecule has 1 amide bonds. The number of non-ortho nitro benzene ring substituents is 1. The first kappa shape index (κ1) is 16.9. The van der Waals surface area contributed by atoms with Crippen molar-refractivity contribution in [3.8, 4) is 0 Å². The van der Waals surface area contributed by atoms with Crippen LogP contribution in [0.25, 0.3) is 6.08 Å². The molecule has 0 saturated heterocycles. The number of rotatable bonds is 4. The van der Waals surface area contributed by atoms with E-state index in [2.05, 4.69) is 5.32 Å². The summed E-state index contributed by atoms with van der Waals surface area (Å²) in [5.74, 6) is -1.41. The van der Waals surface area contributed by atoms with Gasteiger partial charge in [-0.25, -0.2) is 4.39 Å². The van der Waals surface area contributed by atoms with E-state index in [0.29, 0.717) is 15.6 Å². The van der Waals surface area contributed by atoms with E-state index in [1.807, 2.05) is 0 Å². The van der Waals surface area contributed by atoms with Crippen molar-refractivity contribution in [3.05, 3.63) is 74.0 Å². The molecule has 0 radical (unpaired) electrons. The van der Waals surface area contributed by atoms with Crippen LogP contribution in [0.15, 0.2) is 42.5 Å². The number of halogens is 3. The van der Waals surface area contributed by atoms with Crippen molar-refractivity contribution in [1.29, 1.82) is 0 Å². The highest BCUT2D eigenvalue weighted by atomic mass is 35.5. The topological polar surface area (TPSA) is 72.2 Å². The Morgan fingerprint density at radius 2 is 1.91 bits per heavy atom. The summed E-state index contributed by atoms with van der Waals surface area (Å²) in [5.41, 5.74) is 0.0206. The number of hydrogen-bond donors (Lipinski definition) is 1. The first-order chi connectivity index (χ1) is 10.9. The second-order valence-electron chi connectivity index (χ2n) is 4.42. The fourth-order valence-electron chi connectivity index (χ4n) is 1.68. The second kappa shape index (κ2) is 7.21. The van der Waals surface area contributed by atoms with E-state index in [4.69, 9.17) is 23.2 Å². The lowest BCUT2D eigenvalue weighted by molar-refractivity contribution is -0.384. The third-order valence-electron chi connectivity index (χ3n) is 2.79. The predicted octanol–water partition coefficient (Wildman–Crippen LogP) is 4.69. The Kier molecular flexibility index (Phi) is 5.31. The van der Waals surface area contributed by atoms with Gasteiger partial charge in [-0.1, -0.05) is 29.3 Å². The summed E-state index contributed by atoms with van der Waals surface area (Å²) in [6.45, 7) is 0. The molecule has 0 aliphatic carbocycles. The monoisotopic (exact) mass is 354 g/mol. The first-order valence-electron chi connectivity index (χ1n) is 6.25. The number of carbonyl (C=O) groups is 1. The molecule has 2 aromatic carbocycles. The minimum Gasteiger partial charge on any atom is -0.320 e. The number of benzene rings is 2. The average molecular weight is 355 g/mol. The Labute approximate surface area is 140 Å². The van der Waals surface area contributed by atoms with Crippen LogP contribution in [0.3, 0.4) is 0 Å². The van der Waals surface area contributed by atoms with Gasteiger partial charge >= 0.3 is 0 Å². The van der Waals surface area contributed by atoms with Crippen molar-refractivity contribution in [2.45, 2.75) is 0 Å². The van der Waals surface area contributed by atoms with Crippen LogP contribution >= 0.6 is 23.2 Å². The Balaban J connectivity index is 2.13. The molecule has 2 aromatic rings. The van der Waals surface area contributed by atoms with Gasteiger partial charge in [0.1, 0.15) is 5.82 Å². The third kappa shape index (κ3) is 4.51. The van der Waals surface area contributed by atoms with E-state index < -0.39 is 16.6 Å². The van der Waals surface area contributed by atoms with Gasteiger partial charge in [-0.3, -0.25) is 14.9 Å². The molecule has 0 aliphatic rings. The lowest BCUT2D eigenvalue weighted by Gasteiger charge is -2.03. The van der Waals surface area contributed by atoms with Crippen LogP contribution in [-0.2, 0) is 4.79 Å². The molecule has 0 heterocycles. The molecular weight excluding hydrogens is 346 g/mol. The minimum absolute atomic E-state index is 0.275. The molecule has 0 atom stereocenters. The van der Waals surface area contributed by atoms with E-state index in [1.54, 1.807) is 18.2 Å². The fourth-order valence-corrected chi connectivity index (χ4v) is 1.99. The van der Waals surface area contributed by atoms with Gasteiger partial charge in [0.15, 0.2) is 0 Å². The van der Waals surface area contributed by atoms with E-state index >= 15 is 0 Å². The largest absolute Gasteiger partial charge is 0.320 e. The molecule has 0 saturated carbocycles. The van der Waals surface area contributed by atoms with Gasteiger partial charge in [-0.2, -0.15) is 0 Å². The molecule has 0 spiro atoms. The molecule has 0 bridgehead atoms. The number of anilines is 1. The Hall–Kier alpha value is -2.44. The summed E-state index contributed by atoms with van der Waals surface area (Å²) < 4.78 is 13.6. The summed E-state index contributed by atoms with van der Waals surface area (Å²) in [7, 11) is 0. The number of nitrogens with zero attached hydrogens (tertiary/aromatic N) is 1. The summed E-state index contributed by atoms with van der Waals surface area (Å²) in [5, 5.41) is 13.6. The van der Waals surface area contributed by atoms with E-state index in [0.717, 1.165) is 24.3 Å². The molecule has 118 valence electrons. The van der Waals surface area contributed by atoms with Gasteiger partial charge < -0.3 is 5.32 Å². The number of nitro groups is 1. The Morgan fingerprint density at radius 3 is 2.57 bits per heavy atom. The molecule has 0 fully saturated rings. The van der Waals surface area contributed by atoms with Gasteiger partial charge in [0.25, 0.3) is 5.69 Å². The normalized spacial score (nSPS) is 10.7. The zero-order valence-electron chi connectivity index (χ0n) is 11.4. The quantitative estimate of drug-likeness (QED) is 0.491. The number of nitrogens with one attached hydrogen (secondary N) is 1. The van der Waals surface area contributed by atoms with Crippen molar-refractivity contribution in [1.82, 2.24) is 0 Å². The maximum Gasteiger partial charge on any atom is 0.271 e. The Morgan fingerprint density at radius 1 is 1.17 bits per heavy atom. The lowest BCUT2D eigenvalue weighted by Crippen LogP contribution is -2.09. The molecule has 2 rings (SSSR count). The SMILES string of the molecule is O=C(C=Cc1ccc(Cl)c(Cl)c1)Nc1cc([N+](=O)[O-])ccc1F. The van der Waals surface area contributed by atoms with Crippen molar-refractivity contribution in [2.75, 3.05) is 5.32 Å². The van der Waals surface area contributed by atoms with Crippen molar-refractivity contribution in [3.63, 3.8) is 0 Å². The van der Waals surface area contributed by atoms with E-state index in [-0.39, 0.29) is 11.4 Å². The standard InChI is InChI=1S/C15H9Cl2FN2O3/c16-11-4-1-9(7-12(11)17)2-6-15(21)19-14-8-10(20(22)23)3-5-13(14)18/h1-8H,(H,19,21). The number of amides is 1. The summed E-state index contributed by atoms with van der Waals surface area (Å²) in [6, 6.07) is 7.64. The maximum atomic E-state index is 13.6. The zero-order valence-corrected chi connectivity index (χ0v) is 12.9. The molecule has 0 unspecified atom stereocenters. The van der Waals surface area contributed by atoms with Gasteiger partial charge in [-0.05, 0) is 29.8 Å². The molecule has 5 nitrogen and oxygen atoms in total. The van der Waals surface area contributed by atoms with Crippen molar-refractivity contribution < 1.29 is 14.1 Å². The van der Waals surface area contributed by atoms with Crippen molar-refractivity contribution in [2.24, 2.45) is 0 Å². The maximum absolute atomic E-state index is 13.6. The number of nitro benzene ring substituents is 1. The number of hydrogen-bond acceptors (Lipinski definition) is 3. The van der Waals surface area contributed by atoms with E-state index in [9.17, 15) is 19.3 Å². The lowest BCUT2D eigenvalue weighted by atomic mass is 10.2. The zero-order chi connectivity index (χ0) is 17.0. The highest BCUT2D eigenvalue weighted by Crippen LogP contribution is 2.23. The molecule has 1 N–H and O–H groups in total. The molecule has 0 aliphatic heterocycles. The fraction of sp³-hybridized carbons (Fsp3) is 0. The average Bonchev–Trinajstić information content (AvgIpc) is 2.50. The molecule has 0 aromatic heterocycles. The van der Waals surface area contributed by atoms with Gasteiger partial charge in [-0.15, -0.1) is 0 Å². The summed E-state index contributed by atoms with van der Waals surface area (Å²) in [6.07, 6.45) is 2.60. The van der Waals surface area contributed by atoms with Crippen LogP contribution in [0.1, 0.15) is 5.56 Å². The molecular formula is C15H9Cl2FN2O3. The predicted molar refractivity (Wildman–Crippen MR) is 87.2 cm³/mol. The number of carbonyl (C=O) groups excluding carboxylic acids is 1. The van der Waals surface area contributed by atoms with Crippen molar-refractivity contribution >= 4 is 46.6 Å². The van der Waals surface area contributed by atoms with Crippen LogP contribution in [0, 0.1) is 15.9 Å². The second-order valence-corrected chi connectivity index (χ2v) is 5.23. The van der Waals surface area contributed by atoms with Gasteiger partial charge in [0, 0.05) is 18.2 Å². The van der Waals surface area contributed by atoms with Crippen LogP contribution in [-0.4, -0.2) is 10.8 Å². The third-order valence-corrected chi connectivity index (χ3v) is 3.53. The molecule has 23 heavy (non-hydrogen) atoms. The molecule has 8 heteroatoms. The summed E-state index contributed by atoms with van der Waals surface area (Å²) in [4.78, 5) is 21.8. The van der Waals surface area contributed by atoms with Crippen LogP contribution < -0.4 is 5.32 Å². The van der Waals surface area contributed by atoms with E-state index in [1.165, 1.54) is 6.08 Å². The highest BCUT2D eigenvalue weighted by Gasteiger charge is 2.12.